The maximum Gasteiger partial charge on any atom is 0.152 e. The van der Waals surface area contributed by atoms with Crippen molar-refractivity contribution >= 4 is 24.0 Å². The molecule has 1 aromatic heterocycles. The molecule has 42 valence electrons. The van der Waals surface area contributed by atoms with Crippen molar-refractivity contribution in [2.45, 2.75) is 13.3 Å². The van der Waals surface area contributed by atoms with Crippen molar-refractivity contribution in [3.63, 3.8) is 0 Å². The van der Waals surface area contributed by atoms with Crippen LogP contribution in [-0.2, 0) is 6.42 Å². The Kier molecular flexibility index (Phi) is 1.74. The number of thiophene rings is 1. The molecule has 1 rings (SSSR count). The van der Waals surface area contributed by atoms with Gasteiger partial charge in [0.05, 0.1) is 0 Å². The molecule has 8 heavy (non-hydrogen) atoms. The Balaban J connectivity index is 2.92. The number of aryl methyl sites for hydroxylation is 1. The number of hydrogen-bond donors (Lipinski definition) is 0. The molecule has 0 aliphatic rings. The molecule has 1 aromatic rings. The van der Waals surface area contributed by atoms with E-state index in [4.69, 9.17) is 0 Å². The highest BCUT2D eigenvalue weighted by Gasteiger charge is 1.92. The van der Waals surface area contributed by atoms with Crippen molar-refractivity contribution in [1.82, 2.24) is 0 Å². The second-order valence-corrected chi connectivity index (χ2v) is 2.98. The van der Waals surface area contributed by atoms with Crippen LogP contribution in [0.15, 0.2) is 11.4 Å². The summed E-state index contributed by atoms with van der Waals surface area (Å²) in [4.78, 5) is 0. The van der Waals surface area contributed by atoms with Crippen LogP contribution in [0.1, 0.15) is 12.5 Å². The highest BCUT2D eigenvalue weighted by atomic mass is 32.1. The van der Waals surface area contributed by atoms with Crippen molar-refractivity contribution in [3.8, 4) is 0 Å². The molecule has 0 radical (unpaired) electrons. The summed E-state index contributed by atoms with van der Waals surface area (Å²) in [5, 5.41) is 2.15. The summed E-state index contributed by atoms with van der Waals surface area (Å²) in [6.07, 6.45) is 1.18. The normalized spacial score (nSPS) is 9.62. The van der Waals surface area contributed by atoms with Crippen LogP contribution >= 0.6 is 11.3 Å². The average molecular weight is 124 g/mol. The summed E-state index contributed by atoms with van der Waals surface area (Å²) < 4.78 is 1.47. The Labute approximate surface area is 55.0 Å². The summed E-state index contributed by atoms with van der Waals surface area (Å²) in [6.45, 7) is 2.19. The summed E-state index contributed by atoms with van der Waals surface area (Å²) in [5.74, 6) is 0. The largest absolute Gasteiger partial charge is 0.159 e. The van der Waals surface area contributed by atoms with Gasteiger partial charge in [-0.1, -0.05) is 6.92 Å². The predicted octanol–water partition coefficient (Wildman–Crippen LogP) is 0.569. The van der Waals surface area contributed by atoms with E-state index in [1.807, 2.05) is 11.3 Å². The standard InChI is InChI=1S/C6H9BS/c1-2-5-3-4-8-6(5)7/h3-4H,2,7H2,1H3. The lowest BCUT2D eigenvalue weighted by Crippen LogP contribution is -2.00. The van der Waals surface area contributed by atoms with Gasteiger partial charge in [0.15, 0.2) is 7.85 Å². The van der Waals surface area contributed by atoms with Gasteiger partial charge in [-0.25, -0.2) is 0 Å². The van der Waals surface area contributed by atoms with Crippen LogP contribution in [0.4, 0.5) is 0 Å². The van der Waals surface area contributed by atoms with Gasteiger partial charge in [-0.2, -0.15) is 11.3 Å². The van der Waals surface area contributed by atoms with Gasteiger partial charge >= 0.3 is 0 Å². The Morgan fingerprint density at radius 3 is 2.75 bits per heavy atom. The second kappa shape index (κ2) is 2.36. The third-order valence-corrected chi connectivity index (χ3v) is 2.24. The molecular weight excluding hydrogens is 115 g/mol. The molecular formula is C6H9BS. The van der Waals surface area contributed by atoms with Gasteiger partial charge in [-0.3, -0.25) is 0 Å². The SMILES string of the molecule is Bc1sccc1CC. The molecule has 0 unspecified atom stereocenters. The van der Waals surface area contributed by atoms with E-state index in [1.165, 1.54) is 16.8 Å². The quantitative estimate of drug-likeness (QED) is 0.480. The van der Waals surface area contributed by atoms with Gasteiger partial charge < -0.3 is 0 Å². The number of rotatable bonds is 1. The van der Waals surface area contributed by atoms with Crippen LogP contribution in [0.3, 0.4) is 0 Å². The van der Waals surface area contributed by atoms with Crippen molar-refractivity contribution in [2.24, 2.45) is 0 Å². The molecule has 0 aliphatic heterocycles. The van der Waals surface area contributed by atoms with Crippen molar-refractivity contribution in [2.75, 3.05) is 0 Å². The zero-order chi connectivity index (χ0) is 5.98. The summed E-state index contributed by atoms with van der Waals surface area (Å²) in [5.41, 5.74) is 1.50. The molecule has 0 bridgehead atoms. The smallest absolute Gasteiger partial charge is 0.152 e. The van der Waals surface area contributed by atoms with E-state index in [9.17, 15) is 0 Å². The third kappa shape index (κ3) is 0.946. The van der Waals surface area contributed by atoms with E-state index in [1.54, 1.807) is 0 Å². The first-order valence-corrected chi connectivity index (χ1v) is 3.75. The highest BCUT2D eigenvalue weighted by molar-refractivity contribution is 7.18. The Morgan fingerprint density at radius 2 is 2.50 bits per heavy atom. The summed E-state index contributed by atoms with van der Waals surface area (Å²) in [7, 11) is 2.17. The first kappa shape index (κ1) is 5.89. The van der Waals surface area contributed by atoms with Crippen molar-refractivity contribution < 1.29 is 0 Å². The first-order valence-electron chi connectivity index (χ1n) is 2.87. The van der Waals surface area contributed by atoms with Gasteiger partial charge in [-0.05, 0) is 28.2 Å². The van der Waals surface area contributed by atoms with Crippen LogP contribution in [0.5, 0.6) is 0 Å². The molecule has 0 aliphatic carbocycles. The maximum absolute atomic E-state index is 2.19. The fraction of sp³-hybridized carbons (Fsp3) is 0.333. The lowest BCUT2D eigenvalue weighted by Gasteiger charge is -1.88. The zero-order valence-corrected chi connectivity index (χ0v) is 6.09. The zero-order valence-electron chi connectivity index (χ0n) is 5.27. The fourth-order valence-corrected chi connectivity index (χ4v) is 1.58. The minimum Gasteiger partial charge on any atom is -0.159 e. The topological polar surface area (TPSA) is 0 Å². The van der Waals surface area contributed by atoms with Gasteiger partial charge in [0.1, 0.15) is 0 Å². The summed E-state index contributed by atoms with van der Waals surface area (Å²) >= 11 is 1.83. The maximum atomic E-state index is 2.19. The molecule has 0 nitrogen and oxygen atoms in total. The summed E-state index contributed by atoms with van der Waals surface area (Å²) in [6, 6.07) is 2.19. The second-order valence-electron chi connectivity index (χ2n) is 1.86. The fourth-order valence-electron chi connectivity index (χ4n) is 0.778. The van der Waals surface area contributed by atoms with Crippen LogP contribution in [0.25, 0.3) is 0 Å². The highest BCUT2D eigenvalue weighted by Crippen LogP contribution is 2.00. The minimum atomic E-state index is 1.18. The van der Waals surface area contributed by atoms with Gasteiger partial charge in [0.2, 0.25) is 0 Å². The lowest BCUT2D eigenvalue weighted by molar-refractivity contribution is 1.17. The monoisotopic (exact) mass is 124 g/mol. The van der Waals surface area contributed by atoms with E-state index >= 15 is 0 Å². The van der Waals surface area contributed by atoms with E-state index in [0.29, 0.717) is 0 Å². The lowest BCUT2D eigenvalue weighted by atomic mass is 10.0. The molecule has 0 atom stereocenters. The molecule has 0 aromatic carbocycles. The van der Waals surface area contributed by atoms with Crippen molar-refractivity contribution in [1.29, 1.82) is 0 Å². The molecule has 0 spiro atoms. The molecule has 0 saturated carbocycles. The van der Waals surface area contributed by atoms with Crippen LogP contribution in [0.2, 0.25) is 0 Å². The van der Waals surface area contributed by atoms with E-state index in [0.717, 1.165) is 0 Å². The predicted molar refractivity (Wildman–Crippen MR) is 41.9 cm³/mol. The minimum absolute atomic E-state index is 1.18. The third-order valence-electron chi connectivity index (χ3n) is 1.35. The number of hydrogen-bond acceptors (Lipinski definition) is 1. The van der Waals surface area contributed by atoms with Gasteiger partial charge in [-0.15, -0.1) is 0 Å². The van der Waals surface area contributed by atoms with E-state index < -0.39 is 0 Å². The van der Waals surface area contributed by atoms with E-state index in [-0.39, 0.29) is 0 Å². The Morgan fingerprint density at radius 1 is 1.75 bits per heavy atom. The van der Waals surface area contributed by atoms with Crippen LogP contribution in [0, 0.1) is 0 Å². The van der Waals surface area contributed by atoms with Gasteiger partial charge in [0.25, 0.3) is 0 Å². The van der Waals surface area contributed by atoms with Crippen molar-refractivity contribution in [3.05, 3.63) is 17.0 Å². The van der Waals surface area contributed by atoms with Gasteiger partial charge in [0, 0.05) is 0 Å². The molecule has 2 heteroatoms. The molecule has 0 fully saturated rings. The molecule has 1 heterocycles. The Bertz CT molecular complexity index is 169. The molecule has 0 N–H and O–H groups in total. The molecule has 0 amide bonds. The Hall–Kier alpha value is -0.235. The van der Waals surface area contributed by atoms with E-state index in [2.05, 4.69) is 26.2 Å². The first-order chi connectivity index (χ1) is 3.84. The average Bonchev–Trinajstić information content (AvgIpc) is 2.14. The van der Waals surface area contributed by atoms with Crippen LogP contribution < -0.4 is 4.78 Å². The van der Waals surface area contributed by atoms with Crippen LogP contribution in [-0.4, -0.2) is 7.85 Å². The molecule has 0 saturated heterocycles.